The zero-order chi connectivity index (χ0) is 9.68. The summed E-state index contributed by atoms with van der Waals surface area (Å²) in [5, 5.41) is 3.82. The van der Waals surface area contributed by atoms with Gasteiger partial charge in [0.1, 0.15) is 0 Å². The highest BCUT2D eigenvalue weighted by Crippen LogP contribution is 2.24. The molecule has 1 aromatic rings. The fourth-order valence-electron chi connectivity index (χ4n) is 1.24. The fraction of sp³-hybridized carbons (Fsp3) is 0.400. The summed E-state index contributed by atoms with van der Waals surface area (Å²) >= 11 is 6.03. The fourth-order valence-corrected chi connectivity index (χ4v) is 1.50. The molecule has 13 heavy (non-hydrogen) atoms. The highest BCUT2D eigenvalue weighted by Gasteiger charge is 2.11. The second-order valence-corrected chi connectivity index (χ2v) is 3.21. The van der Waals surface area contributed by atoms with Crippen molar-refractivity contribution in [2.75, 3.05) is 20.7 Å². The van der Waals surface area contributed by atoms with Crippen molar-refractivity contribution >= 4 is 11.6 Å². The lowest BCUT2D eigenvalue weighted by Gasteiger charge is -2.16. The van der Waals surface area contributed by atoms with Crippen LogP contribution >= 0.6 is 11.6 Å². The maximum absolute atomic E-state index is 6.03. The average molecular weight is 200 g/mol. The van der Waals surface area contributed by atoms with E-state index in [-0.39, 0.29) is 6.10 Å². The lowest BCUT2D eigenvalue weighted by molar-refractivity contribution is 0.104. The molecule has 0 fully saturated rings. The first-order chi connectivity index (χ1) is 6.29. The van der Waals surface area contributed by atoms with Crippen molar-refractivity contribution in [2.24, 2.45) is 0 Å². The lowest BCUT2D eigenvalue weighted by Crippen LogP contribution is -2.18. The number of hydrogen-bond acceptors (Lipinski definition) is 2. The summed E-state index contributed by atoms with van der Waals surface area (Å²) in [7, 11) is 3.58. The van der Waals surface area contributed by atoms with Crippen molar-refractivity contribution in [1.82, 2.24) is 5.32 Å². The first kappa shape index (κ1) is 10.5. The maximum Gasteiger partial charge on any atom is 0.0959 e. The van der Waals surface area contributed by atoms with Crippen LogP contribution in [-0.2, 0) is 4.74 Å². The molecular weight excluding hydrogens is 186 g/mol. The molecule has 2 nitrogen and oxygen atoms in total. The second kappa shape index (κ2) is 5.22. The largest absolute Gasteiger partial charge is 0.375 e. The predicted octanol–water partition coefficient (Wildman–Crippen LogP) is 2.25. The van der Waals surface area contributed by atoms with Crippen molar-refractivity contribution in [3.05, 3.63) is 34.9 Å². The zero-order valence-electron chi connectivity index (χ0n) is 7.88. The van der Waals surface area contributed by atoms with Crippen LogP contribution in [0.4, 0.5) is 0 Å². The molecule has 0 aliphatic heterocycles. The number of ether oxygens (including phenoxy) is 1. The molecule has 1 N–H and O–H groups in total. The average Bonchev–Trinajstić information content (AvgIpc) is 2.16. The third-order valence-electron chi connectivity index (χ3n) is 1.93. The van der Waals surface area contributed by atoms with Gasteiger partial charge in [-0.2, -0.15) is 0 Å². The monoisotopic (exact) mass is 199 g/mol. The minimum absolute atomic E-state index is 0.0266. The van der Waals surface area contributed by atoms with Crippen molar-refractivity contribution < 1.29 is 4.74 Å². The molecule has 72 valence electrons. The highest BCUT2D eigenvalue weighted by atomic mass is 35.5. The molecule has 1 aromatic carbocycles. The molecule has 0 radical (unpaired) electrons. The lowest BCUT2D eigenvalue weighted by atomic mass is 10.1. The molecule has 3 heteroatoms. The van der Waals surface area contributed by atoms with Gasteiger partial charge in [-0.3, -0.25) is 0 Å². The van der Waals surface area contributed by atoms with Gasteiger partial charge in [-0.25, -0.2) is 0 Å². The van der Waals surface area contributed by atoms with E-state index in [0.29, 0.717) is 0 Å². The summed E-state index contributed by atoms with van der Waals surface area (Å²) in [6, 6.07) is 7.73. The van der Waals surface area contributed by atoms with E-state index in [1.54, 1.807) is 7.11 Å². The Bertz CT molecular complexity index is 265. The van der Waals surface area contributed by atoms with E-state index < -0.39 is 0 Å². The molecule has 1 atom stereocenters. The number of benzene rings is 1. The van der Waals surface area contributed by atoms with Gasteiger partial charge in [-0.1, -0.05) is 29.8 Å². The van der Waals surface area contributed by atoms with Gasteiger partial charge in [-0.15, -0.1) is 0 Å². The molecule has 0 aliphatic rings. The second-order valence-electron chi connectivity index (χ2n) is 2.80. The SMILES string of the molecule is CNC[C@H](OC)c1ccccc1Cl. The molecule has 1 rings (SSSR count). The Labute approximate surface area is 83.9 Å². The molecule has 0 unspecified atom stereocenters. The first-order valence-electron chi connectivity index (χ1n) is 4.21. The van der Waals surface area contributed by atoms with Gasteiger partial charge in [0.05, 0.1) is 6.10 Å². The van der Waals surface area contributed by atoms with Crippen LogP contribution in [0.3, 0.4) is 0 Å². The van der Waals surface area contributed by atoms with Gasteiger partial charge in [-0.05, 0) is 13.1 Å². The van der Waals surface area contributed by atoms with Gasteiger partial charge in [0.15, 0.2) is 0 Å². The smallest absolute Gasteiger partial charge is 0.0959 e. The van der Waals surface area contributed by atoms with Crippen molar-refractivity contribution in [3.63, 3.8) is 0 Å². The van der Waals surface area contributed by atoms with Crippen molar-refractivity contribution in [1.29, 1.82) is 0 Å². The first-order valence-corrected chi connectivity index (χ1v) is 4.59. The van der Waals surface area contributed by atoms with Gasteiger partial charge in [0.25, 0.3) is 0 Å². The number of likely N-dealkylation sites (N-methyl/N-ethyl adjacent to an activating group) is 1. The Hall–Kier alpha value is -0.570. The van der Waals surface area contributed by atoms with Crippen LogP contribution < -0.4 is 5.32 Å². The molecular formula is C10H14ClNO. The van der Waals surface area contributed by atoms with E-state index in [1.165, 1.54) is 0 Å². The van der Waals surface area contributed by atoms with E-state index in [0.717, 1.165) is 17.1 Å². The molecule has 0 spiro atoms. The minimum Gasteiger partial charge on any atom is -0.375 e. The number of rotatable bonds is 4. The normalized spacial score (nSPS) is 12.8. The molecule has 0 heterocycles. The molecule has 0 saturated carbocycles. The topological polar surface area (TPSA) is 21.3 Å². The van der Waals surface area contributed by atoms with Gasteiger partial charge in [0, 0.05) is 24.2 Å². The molecule has 0 aliphatic carbocycles. The minimum atomic E-state index is 0.0266. The zero-order valence-corrected chi connectivity index (χ0v) is 8.64. The van der Waals surface area contributed by atoms with Crippen LogP contribution in [0.5, 0.6) is 0 Å². The predicted molar refractivity (Wildman–Crippen MR) is 55.1 cm³/mol. The summed E-state index contributed by atoms with van der Waals surface area (Å²) < 4.78 is 5.31. The molecule has 0 bridgehead atoms. The Balaban J connectivity index is 2.84. The van der Waals surface area contributed by atoms with Crippen LogP contribution in [-0.4, -0.2) is 20.7 Å². The summed E-state index contributed by atoms with van der Waals surface area (Å²) in [5.41, 5.74) is 1.03. The third-order valence-corrected chi connectivity index (χ3v) is 2.27. The van der Waals surface area contributed by atoms with Gasteiger partial charge < -0.3 is 10.1 Å². The number of halogens is 1. The molecule has 0 amide bonds. The Morgan fingerprint density at radius 1 is 1.46 bits per heavy atom. The summed E-state index contributed by atoms with van der Waals surface area (Å²) in [4.78, 5) is 0. The van der Waals surface area contributed by atoms with Crippen LogP contribution in [0.25, 0.3) is 0 Å². The van der Waals surface area contributed by atoms with E-state index in [9.17, 15) is 0 Å². The van der Waals surface area contributed by atoms with Crippen molar-refractivity contribution in [3.8, 4) is 0 Å². The van der Waals surface area contributed by atoms with Crippen LogP contribution in [0.1, 0.15) is 11.7 Å². The van der Waals surface area contributed by atoms with E-state index in [4.69, 9.17) is 16.3 Å². The summed E-state index contributed by atoms with van der Waals surface area (Å²) in [6.07, 6.45) is 0.0266. The number of nitrogens with one attached hydrogen (secondary N) is 1. The highest BCUT2D eigenvalue weighted by molar-refractivity contribution is 6.31. The molecule has 0 aromatic heterocycles. The summed E-state index contributed by atoms with van der Waals surface area (Å²) in [5.74, 6) is 0. The van der Waals surface area contributed by atoms with E-state index >= 15 is 0 Å². The number of methoxy groups -OCH3 is 1. The number of hydrogen-bond donors (Lipinski definition) is 1. The maximum atomic E-state index is 6.03. The van der Waals surface area contributed by atoms with Crippen molar-refractivity contribution in [2.45, 2.75) is 6.10 Å². The Morgan fingerprint density at radius 3 is 2.69 bits per heavy atom. The van der Waals surface area contributed by atoms with Crippen LogP contribution in [0.2, 0.25) is 5.02 Å². The summed E-state index contributed by atoms with van der Waals surface area (Å²) in [6.45, 7) is 0.764. The quantitative estimate of drug-likeness (QED) is 0.803. The van der Waals surface area contributed by atoms with Crippen LogP contribution in [0.15, 0.2) is 24.3 Å². The van der Waals surface area contributed by atoms with Crippen LogP contribution in [0, 0.1) is 0 Å². The third kappa shape index (κ3) is 2.69. The van der Waals surface area contributed by atoms with E-state index in [2.05, 4.69) is 5.32 Å². The Kier molecular flexibility index (Phi) is 4.22. The molecule has 0 saturated heterocycles. The van der Waals surface area contributed by atoms with E-state index in [1.807, 2.05) is 31.3 Å². The standard InChI is InChI=1S/C10H14ClNO/c1-12-7-10(13-2)8-5-3-4-6-9(8)11/h3-6,10,12H,7H2,1-2H3/t10-/m0/s1. The Morgan fingerprint density at radius 2 is 2.15 bits per heavy atom. The van der Waals surface area contributed by atoms with Gasteiger partial charge >= 0.3 is 0 Å². The van der Waals surface area contributed by atoms with Gasteiger partial charge in [0.2, 0.25) is 0 Å².